The Morgan fingerprint density at radius 3 is 2.00 bits per heavy atom. The number of nitrogens with two attached hydrogens (primary N) is 1. The molecule has 3 atom stereocenters. The van der Waals surface area contributed by atoms with Crippen molar-refractivity contribution < 1.29 is 10.2 Å². The summed E-state index contributed by atoms with van der Waals surface area (Å²) in [4.78, 5) is 0. The van der Waals surface area contributed by atoms with E-state index in [4.69, 9.17) is 15.9 Å². The zero-order valence-corrected chi connectivity index (χ0v) is 5.77. The van der Waals surface area contributed by atoms with Gasteiger partial charge in [-0.1, -0.05) is 12.2 Å². The minimum absolute atomic E-state index is 0.604. The second-order valence-electron chi connectivity index (χ2n) is 2.03. The van der Waals surface area contributed by atoms with Gasteiger partial charge in [0, 0.05) is 0 Å². The van der Waals surface area contributed by atoms with Crippen LogP contribution in [0.5, 0.6) is 0 Å². The Hall–Kier alpha value is -0.640. The van der Waals surface area contributed by atoms with Crippen molar-refractivity contribution in [1.29, 1.82) is 0 Å². The molecule has 0 aromatic carbocycles. The van der Waals surface area contributed by atoms with Crippen LogP contribution in [0.4, 0.5) is 0 Å². The number of aliphatic hydroxyl groups excluding tert-OH is 2. The lowest BCUT2D eigenvalue weighted by atomic mass is 10.1. The largest absolute Gasteiger partial charge is 0.388 e. The fourth-order valence-electron chi connectivity index (χ4n) is 0.507. The predicted molar refractivity (Wildman–Crippen MR) is 40.4 cm³/mol. The highest BCUT2D eigenvalue weighted by molar-refractivity contribution is 4.96. The molecular weight excluding hydrogens is 130 g/mol. The molecule has 4 N–H and O–H groups in total. The summed E-state index contributed by atoms with van der Waals surface area (Å²) in [5, 5.41) is 18.0. The van der Waals surface area contributed by atoms with Gasteiger partial charge in [-0.05, 0) is 0 Å². The van der Waals surface area contributed by atoms with Crippen LogP contribution in [0.2, 0.25) is 0 Å². The van der Waals surface area contributed by atoms with Crippen molar-refractivity contribution in [1.82, 2.24) is 0 Å². The van der Waals surface area contributed by atoms with Gasteiger partial charge in [0.15, 0.2) is 0 Å². The molecule has 0 saturated carbocycles. The SMILES string of the molecule is C=CC(N)C(O)C(O)C=C. The Bertz CT molecular complexity index is 111. The van der Waals surface area contributed by atoms with Crippen LogP contribution in [0, 0.1) is 0 Å². The average Bonchev–Trinajstić information content (AvgIpc) is 2.00. The van der Waals surface area contributed by atoms with E-state index in [-0.39, 0.29) is 0 Å². The number of aliphatic hydroxyl groups is 2. The minimum Gasteiger partial charge on any atom is -0.388 e. The molecule has 0 aromatic heterocycles. The van der Waals surface area contributed by atoms with Gasteiger partial charge in [-0.3, -0.25) is 0 Å². The summed E-state index contributed by atoms with van der Waals surface area (Å²) in [6.45, 7) is 6.67. The van der Waals surface area contributed by atoms with E-state index in [1.807, 2.05) is 0 Å². The van der Waals surface area contributed by atoms with Crippen LogP contribution in [-0.4, -0.2) is 28.5 Å². The van der Waals surface area contributed by atoms with Gasteiger partial charge in [0.2, 0.25) is 0 Å². The van der Waals surface area contributed by atoms with Crippen molar-refractivity contribution in [2.75, 3.05) is 0 Å². The van der Waals surface area contributed by atoms with Gasteiger partial charge in [-0.25, -0.2) is 0 Å². The smallest absolute Gasteiger partial charge is 0.102 e. The Morgan fingerprint density at radius 2 is 1.70 bits per heavy atom. The molecule has 0 heterocycles. The van der Waals surface area contributed by atoms with Crippen molar-refractivity contribution in [3.8, 4) is 0 Å². The maximum Gasteiger partial charge on any atom is 0.102 e. The summed E-state index contributed by atoms with van der Waals surface area (Å²) in [5.41, 5.74) is 5.32. The molecule has 0 aromatic rings. The van der Waals surface area contributed by atoms with E-state index in [1.54, 1.807) is 0 Å². The first-order valence-electron chi connectivity index (χ1n) is 3.00. The molecule has 0 spiro atoms. The van der Waals surface area contributed by atoms with Gasteiger partial charge < -0.3 is 15.9 Å². The van der Waals surface area contributed by atoms with Crippen LogP contribution in [0.15, 0.2) is 25.3 Å². The van der Waals surface area contributed by atoms with Gasteiger partial charge in [-0.15, -0.1) is 13.2 Å². The molecule has 0 fully saturated rings. The summed E-state index contributed by atoms with van der Waals surface area (Å²) in [6, 6.07) is -0.604. The molecule has 0 aliphatic heterocycles. The minimum atomic E-state index is -1.00. The third kappa shape index (κ3) is 2.31. The van der Waals surface area contributed by atoms with E-state index in [9.17, 15) is 0 Å². The Balaban J connectivity index is 3.91. The summed E-state index contributed by atoms with van der Waals surface area (Å²) in [5.74, 6) is 0. The van der Waals surface area contributed by atoms with E-state index in [0.29, 0.717) is 0 Å². The van der Waals surface area contributed by atoms with Gasteiger partial charge in [0.25, 0.3) is 0 Å². The second kappa shape index (κ2) is 4.22. The highest BCUT2D eigenvalue weighted by atomic mass is 16.3. The second-order valence-corrected chi connectivity index (χ2v) is 2.03. The lowest BCUT2D eigenvalue weighted by Gasteiger charge is -2.17. The average molecular weight is 143 g/mol. The molecule has 58 valence electrons. The fourth-order valence-corrected chi connectivity index (χ4v) is 0.507. The Kier molecular flexibility index (Phi) is 3.95. The zero-order valence-electron chi connectivity index (χ0n) is 5.77. The number of hydrogen-bond donors (Lipinski definition) is 3. The molecule has 0 rings (SSSR count). The molecular formula is C7H13NO2. The molecule has 3 nitrogen and oxygen atoms in total. The molecule has 0 saturated heterocycles. The molecule has 3 unspecified atom stereocenters. The first-order chi connectivity index (χ1) is 4.63. The van der Waals surface area contributed by atoms with Crippen LogP contribution < -0.4 is 5.73 Å². The van der Waals surface area contributed by atoms with Crippen LogP contribution in [0.3, 0.4) is 0 Å². The number of hydrogen-bond acceptors (Lipinski definition) is 3. The fraction of sp³-hybridized carbons (Fsp3) is 0.429. The summed E-state index contributed by atoms with van der Waals surface area (Å²) in [7, 11) is 0. The predicted octanol–water partition coefficient (Wildman–Crippen LogP) is -0.593. The first-order valence-corrected chi connectivity index (χ1v) is 3.00. The molecule has 0 amide bonds. The molecule has 0 aliphatic rings. The standard InChI is InChI=1S/C7H13NO2/c1-3-5(8)7(10)6(9)4-2/h3-7,9-10H,1-2,8H2. The maximum atomic E-state index is 9.07. The normalized spacial score (nSPS) is 19.1. The topological polar surface area (TPSA) is 66.5 Å². The Labute approximate surface area is 60.5 Å². The van der Waals surface area contributed by atoms with Gasteiger partial charge >= 0.3 is 0 Å². The summed E-state index contributed by atoms with van der Waals surface area (Å²) >= 11 is 0. The first kappa shape index (κ1) is 9.36. The highest BCUT2D eigenvalue weighted by Crippen LogP contribution is 1.98. The van der Waals surface area contributed by atoms with Crippen molar-refractivity contribution >= 4 is 0 Å². The van der Waals surface area contributed by atoms with E-state index in [0.717, 1.165) is 0 Å². The monoisotopic (exact) mass is 143 g/mol. The van der Waals surface area contributed by atoms with Gasteiger partial charge in [0.05, 0.1) is 12.1 Å². The summed E-state index contributed by atoms with van der Waals surface area (Å²) in [6.07, 6.45) is 0.619. The molecule has 10 heavy (non-hydrogen) atoms. The molecule has 0 aliphatic carbocycles. The lowest BCUT2D eigenvalue weighted by Crippen LogP contribution is -2.40. The maximum absolute atomic E-state index is 9.07. The molecule has 3 heteroatoms. The van der Waals surface area contributed by atoms with Crippen molar-refractivity contribution in [2.45, 2.75) is 18.2 Å². The van der Waals surface area contributed by atoms with E-state index in [2.05, 4.69) is 13.2 Å². The van der Waals surface area contributed by atoms with Crippen LogP contribution in [-0.2, 0) is 0 Å². The van der Waals surface area contributed by atoms with E-state index >= 15 is 0 Å². The van der Waals surface area contributed by atoms with Crippen LogP contribution in [0.25, 0.3) is 0 Å². The highest BCUT2D eigenvalue weighted by Gasteiger charge is 2.17. The van der Waals surface area contributed by atoms with Gasteiger partial charge in [0.1, 0.15) is 6.10 Å². The molecule has 0 bridgehead atoms. The zero-order chi connectivity index (χ0) is 8.15. The van der Waals surface area contributed by atoms with Crippen molar-refractivity contribution in [2.24, 2.45) is 5.73 Å². The van der Waals surface area contributed by atoms with E-state index < -0.39 is 18.2 Å². The van der Waals surface area contributed by atoms with Crippen molar-refractivity contribution in [3.05, 3.63) is 25.3 Å². The van der Waals surface area contributed by atoms with E-state index in [1.165, 1.54) is 12.2 Å². The molecule has 0 radical (unpaired) electrons. The summed E-state index contributed by atoms with van der Waals surface area (Å²) < 4.78 is 0. The lowest BCUT2D eigenvalue weighted by molar-refractivity contribution is 0.0412. The third-order valence-corrected chi connectivity index (χ3v) is 1.26. The van der Waals surface area contributed by atoms with Crippen molar-refractivity contribution in [3.63, 3.8) is 0 Å². The van der Waals surface area contributed by atoms with Crippen LogP contribution >= 0.6 is 0 Å². The number of rotatable bonds is 4. The van der Waals surface area contributed by atoms with Crippen LogP contribution in [0.1, 0.15) is 0 Å². The third-order valence-electron chi connectivity index (χ3n) is 1.26. The quantitative estimate of drug-likeness (QED) is 0.461. The Morgan fingerprint density at radius 1 is 1.20 bits per heavy atom. The van der Waals surface area contributed by atoms with Gasteiger partial charge in [-0.2, -0.15) is 0 Å².